The van der Waals surface area contributed by atoms with E-state index in [0.717, 1.165) is 46.5 Å². The monoisotopic (exact) mass is 547 g/mol. The largest absolute Gasteiger partial charge is 0.492 e. The highest BCUT2D eigenvalue weighted by molar-refractivity contribution is 7.21. The molecule has 2 aromatic carbocycles. The molecule has 2 atom stereocenters. The molecular weight excluding hydrogens is 521 g/mol. The summed E-state index contributed by atoms with van der Waals surface area (Å²) in [5.41, 5.74) is 1.73. The number of amides is 1. The van der Waals surface area contributed by atoms with Gasteiger partial charge in [0.15, 0.2) is 5.71 Å². The van der Waals surface area contributed by atoms with Crippen molar-refractivity contribution in [3.63, 3.8) is 0 Å². The van der Waals surface area contributed by atoms with Crippen molar-refractivity contribution in [1.82, 2.24) is 10.2 Å². The molecule has 0 saturated carbocycles. The number of likely N-dealkylation sites (tertiary alicyclic amines) is 1. The summed E-state index contributed by atoms with van der Waals surface area (Å²) in [6.07, 6.45) is 0.991. The van der Waals surface area contributed by atoms with Crippen LogP contribution in [0.5, 0.6) is 5.75 Å². The second kappa shape index (κ2) is 10.9. The molecule has 0 unspecified atom stereocenters. The molecule has 1 amide bonds. The Morgan fingerprint density at radius 1 is 1.28 bits per heavy atom. The van der Waals surface area contributed by atoms with Gasteiger partial charge < -0.3 is 24.9 Å². The third-order valence-corrected chi connectivity index (χ3v) is 8.14. The summed E-state index contributed by atoms with van der Waals surface area (Å²) in [5, 5.41) is 20.5. The van der Waals surface area contributed by atoms with Crippen LogP contribution >= 0.6 is 34.5 Å². The van der Waals surface area contributed by atoms with Gasteiger partial charge in [-0.25, -0.2) is 0 Å². The van der Waals surface area contributed by atoms with E-state index in [1.807, 2.05) is 25.1 Å². The van der Waals surface area contributed by atoms with Crippen LogP contribution < -0.4 is 10.1 Å². The first-order valence-corrected chi connectivity index (χ1v) is 13.6. The minimum absolute atomic E-state index is 0.204. The Labute approximate surface area is 223 Å². The number of thiophene rings is 1. The van der Waals surface area contributed by atoms with Crippen LogP contribution in [0.4, 0.5) is 0 Å². The number of ether oxygens (including phenoxy) is 1. The van der Waals surface area contributed by atoms with Crippen LogP contribution in [-0.2, 0) is 16.2 Å². The molecule has 0 spiro atoms. The van der Waals surface area contributed by atoms with E-state index in [4.69, 9.17) is 32.8 Å². The van der Waals surface area contributed by atoms with E-state index in [1.54, 1.807) is 18.2 Å². The quantitative estimate of drug-likeness (QED) is 0.386. The molecule has 1 saturated heterocycles. The van der Waals surface area contributed by atoms with Crippen LogP contribution in [0.25, 0.3) is 10.1 Å². The minimum Gasteiger partial charge on any atom is -0.492 e. The number of nitrogens with zero attached hydrogens (tertiary/aromatic N) is 2. The van der Waals surface area contributed by atoms with Crippen molar-refractivity contribution in [3.8, 4) is 5.75 Å². The maximum absolute atomic E-state index is 13.5. The first-order valence-electron chi connectivity index (χ1n) is 12.0. The van der Waals surface area contributed by atoms with Crippen LogP contribution in [0.3, 0.4) is 0 Å². The van der Waals surface area contributed by atoms with Crippen molar-refractivity contribution in [3.05, 3.63) is 62.4 Å². The summed E-state index contributed by atoms with van der Waals surface area (Å²) in [5.74, 6) is 0.177. The number of aliphatic hydroxyl groups excluding tert-OH is 1. The highest BCUT2D eigenvalue weighted by atomic mass is 35.5. The van der Waals surface area contributed by atoms with Crippen molar-refractivity contribution < 1.29 is 19.5 Å². The van der Waals surface area contributed by atoms with E-state index in [2.05, 4.69) is 15.4 Å². The maximum Gasteiger partial charge on any atom is 0.275 e. The molecule has 2 aliphatic heterocycles. The maximum atomic E-state index is 13.5. The van der Waals surface area contributed by atoms with E-state index in [-0.39, 0.29) is 5.71 Å². The predicted molar refractivity (Wildman–Crippen MR) is 143 cm³/mol. The number of nitrogens with one attached hydrogen (secondary N) is 1. The van der Waals surface area contributed by atoms with E-state index < -0.39 is 18.1 Å². The predicted octanol–water partition coefficient (Wildman–Crippen LogP) is 5.16. The lowest BCUT2D eigenvalue weighted by Gasteiger charge is -2.36. The summed E-state index contributed by atoms with van der Waals surface area (Å²) in [4.78, 5) is 21.8. The SMILES string of the molecule is CCCOc1ccc([C@@H](O)[C@@H](CN2CCC2)NC(=O)C2=NOCc3c2sc2cc(Cl)ccc32)cc1Cl. The van der Waals surface area contributed by atoms with Gasteiger partial charge in [-0.2, -0.15) is 0 Å². The molecule has 36 heavy (non-hydrogen) atoms. The first-order chi connectivity index (χ1) is 17.4. The fraction of sp³-hybridized carbons (Fsp3) is 0.385. The van der Waals surface area contributed by atoms with Gasteiger partial charge in [0.25, 0.3) is 5.91 Å². The van der Waals surface area contributed by atoms with Crippen LogP contribution in [0.1, 0.15) is 41.9 Å². The van der Waals surface area contributed by atoms with E-state index in [1.165, 1.54) is 11.3 Å². The molecule has 2 aliphatic rings. The van der Waals surface area contributed by atoms with Gasteiger partial charge in [0.05, 0.1) is 22.5 Å². The zero-order valence-electron chi connectivity index (χ0n) is 19.8. The molecule has 0 aliphatic carbocycles. The number of halogens is 2. The number of aliphatic hydroxyl groups is 1. The molecule has 7 nitrogen and oxygen atoms in total. The van der Waals surface area contributed by atoms with Gasteiger partial charge >= 0.3 is 0 Å². The Morgan fingerprint density at radius 2 is 2.11 bits per heavy atom. The average Bonchev–Trinajstić information content (AvgIpc) is 3.21. The van der Waals surface area contributed by atoms with Gasteiger partial charge in [0, 0.05) is 21.8 Å². The highest BCUT2D eigenvalue weighted by Crippen LogP contribution is 2.36. The van der Waals surface area contributed by atoms with Crippen LogP contribution in [0.15, 0.2) is 41.6 Å². The van der Waals surface area contributed by atoms with Gasteiger partial charge in [0.2, 0.25) is 0 Å². The summed E-state index contributed by atoms with van der Waals surface area (Å²) in [6, 6.07) is 10.3. The fourth-order valence-electron chi connectivity index (χ4n) is 4.37. The summed E-state index contributed by atoms with van der Waals surface area (Å²) in [6.45, 7) is 5.23. The van der Waals surface area contributed by atoms with Crippen LogP contribution in [0.2, 0.25) is 10.0 Å². The van der Waals surface area contributed by atoms with Crippen molar-refractivity contribution >= 4 is 56.2 Å². The van der Waals surface area contributed by atoms with E-state index in [9.17, 15) is 9.90 Å². The Hall–Kier alpha value is -2.36. The van der Waals surface area contributed by atoms with Crippen LogP contribution in [-0.4, -0.2) is 53.9 Å². The van der Waals surface area contributed by atoms with Crippen molar-refractivity contribution in [2.75, 3.05) is 26.2 Å². The smallest absolute Gasteiger partial charge is 0.275 e. The number of hydrogen-bond donors (Lipinski definition) is 2. The van der Waals surface area contributed by atoms with Gasteiger partial charge in [0.1, 0.15) is 18.5 Å². The zero-order chi connectivity index (χ0) is 25.2. The molecule has 3 heterocycles. The third-order valence-electron chi connectivity index (χ3n) is 6.41. The number of carbonyl (C=O) groups excluding carboxylic acids is 1. The molecule has 0 radical (unpaired) electrons. The van der Waals surface area contributed by atoms with Gasteiger partial charge in [-0.15, -0.1) is 11.3 Å². The molecule has 2 N–H and O–H groups in total. The van der Waals surface area contributed by atoms with Gasteiger partial charge in [-0.05, 0) is 61.1 Å². The number of hydrogen-bond acceptors (Lipinski definition) is 7. The minimum atomic E-state index is -0.974. The Morgan fingerprint density at radius 3 is 2.83 bits per heavy atom. The molecule has 10 heteroatoms. The Balaban J connectivity index is 1.38. The molecule has 5 rings (SSSR count). The second-order valence-corrected chi connectivity index (χ2v) is 10.9. The standard InChI is InChI=1S/C26H27Cl2N3O4S/c1-2-10-34-21-7-4-15(11-19(21)28)24(32)20(13-31-8-3-9-31)29-26(33)23-25-18(14-35-30-23)17-6-5-16(27)12-22(17)36-25/h4-7,11-12,20,24,32H,2-3,8-10,13-14H2,1H3,(H,29,33)/t20-,24-/m1/s1. The van der Waals surface area contributed by atoms with Gasteiger partial charge in [-0.1, -0.05) is 47.4 Å². The van der Waals surface area contributed by atoms with E-state index >= 15 is 0 Å². The zero-order valence-corrected chi connectivity index (χ0v) is 22.1. The Kier molecular flexibility index (Phi) is 7.69. The normalized spacial score (nSPS) is 16.9. The summed E-state index contributed by atoms with van der Waals surface area (Å²) >= 11 is 14.0. The lowest BCUT2D eigenvalue weighted by Crippen LogP contribution is -2.52. The number of benzene rings is 2. The lowest BCUT2D eigenvalue weighted by molar-refractivity contribution is -0.116. The van der Waals surface area contributed by atoms with Crippen molar-refractivity contribution in [1.29, 1.82) is 0 Å². The first kappa shape index (κ1) is 25.3. The number of carbonyl (C=O) groups is 1. The molecule has 3 aromatic rings. The summed E-state index contributed by atoms with van der Waals surface area (Å²) in [7, 11) is 0. The number of fused-ring (bicyclic) bond motifs is 3. The molecular formula is C26H27Cl2N3O4S. The summed E-state index contributed by atoms with van der Waals surface area (Å²) < 4.78 is 6.62. The van der Waals surface area contributed by atoms with Crippen molar-refractivity contribution in [2.45, 2.75) is 38.5 Å². The topological polar surface area (TPSA) is 83.4 Å². The number of oxime groups is 1. The highest BCUT2D eigenvalue weighted by Gasteiger charge is 2.32. The number of rotatable bonds is 9. The molecule has 1 aromatic heterocycles. The lowest BCUT2D eigenvalue weighted by atomic mass is 9.99. The van der Waals surface area contributed by atoms with Crippen molar-refractivity contribution in [2.24, 2.45) is 5.16 Å². The second-order valence-electron chi connectivity index (χ2n) is 8.98. The molecule has 1 fully saturated rings. The van der Waals surface area contributed by atoms with Crippen LogP contribution in [0, 0.1) is 0 Å². The average molecular weight is 548 g/mol. The third kappa shape index (κ3) is 5.19. The molecule has 0 bridgehead atoms. The van der Waals surface area contributed by atoms with E-state index in [0.29, 0.717) is 41.1 Å². The van der Waals surface area contributed by atoms with Gasteiger partial charge in [-0.3, -0.25) is 4.79 Å². The fourth-order valence-corrected chi connectivity index (χ4v) is 6.08. The molecule has 190 valence electrons. The Bertz CT molecular complexity index is 1310.